The molecule has 2 aromatic rings. The van der Waals surface area contributed by atoms with Gasteiger partial charge in [-0.25, -0.2) is 8.42 Å². The number of carbonyl (C=O) groups excluding carboxylic acids is 2. The van der Waals surface area contributed by atoms with Gasteiger partial charge in [0.05, 0.1) is 13.1 Å². The third kappa shape index (κ3) is 15.5. The maximum atomic E-state index is 13.6. The molecule has 0 aliphatic carbocycles. The van der Waals surface area contributed by atoms with Crippen LogP contribution in [0.2, 0.25) is 0 Å². The molecule has 10 nitrogen and oxygen atoms in total. The molecule has 4 unspecified atom stereocenters. The summed E-state index contributed by atoms with van der Waals surface area (Å²) in [5, 5.41) is 4.82. The second-order valence-corrected chi connectivity index (χ2v) is 15.9. The van der Waals surface area contributed by atoms with Crippen molar-refractivity contribution in [3.63, 3.8) is 0 Å². The molecule has 6 N–H and O–H groups in total. The Morgan fingerprint density at radius 2 is 1.04 bits per heavy atom. The first-order valence-electron chi connectivity index (χ1n) is 17.4. The van der Waals surface area contributed by atoms with E-state index < -0.39 is 33.2 Å². The Morgan fingerprint density at radius 3 is 1.35 bits per heavy atom. The molecule has 0 saturated carbocycles. The molecule has 0 fully saturated rings. The first-order valence-corrected chi connectivity index (χ1v) is 20.1. The molecule has 49 heavy (non-hydrogen) atoms. The van der Waals surface area contributed by atoms with Gasteiger partial charge in [-0.15, -0.1) is 0 Å². The minimum atomic E-state index is -4.76. The van der Waals surface area contributed by atoms with Crippen molar-refractivity contribution in [2.45, 2.75) is 77.8 Å². The third-order valence-electron chi connectivity index (χ3n) is 9.13. The summed E-state index contributed by atoms with van der Waals surface area (Å²) in [4.78, 5) is 30.9. The molecule has 6 atom stereocenters. The van der Waals surface area contributed by atoms with Crippen molar-refractivity contribution in [1.82, 2.24) is 20.4 Å². The van der Waals surface area contributed by atoms with E-state index in [1.165, 1.54) is 0 Å². The molecule has 0 amide bonds. The van der Waals surface area contributed by atoms with Crippen LogP contribution in [-0.2, 0) is 32.5 Å². The fraction of sp³-hybridized carbons (Fsp3) is 0.611. The van der Waals surface area contributed by atoms with Crippen LogP contribution in [0.4, 0.5) is 0 Å². The molecule has 0 aliphatic heterocycles. The van der Waals surface area contributed by atoms with Gasteiger partial charge in [-0.1, -0.05) is 101 Å². The molecule has 0 heterocycles. The number of thiol groups is 2. The highest BCUT2D eigenvalue weighted by Crippen LogP contribution is 2.16. The van der Waals surface area contributed by atoms with Crippen molar-refractivity contribution in [2.24, 2.45) is 23.3 Å². The van der Waals surface area contributed by atoms with Gasteiger partial charge in [-0.3, -0.25) is 19.4 Å². The summed E-state index contributed by atoms with van der Waals surface area (Å²) in [6.45, 7) is 10.1. The average Bonchev–Trinajstić information content (AvgIpc) is 3.11. The number of nitrogens with two attached hydrogens (primary N) is 2. The third-order valence-corrected chi connectivity index (χ3v) is 11.5. The fourth-order valence-electron chi connectivity index (χ4n) is 5.47. The van der Waals surface area contributed by atoms with E-state index in [1.54, 1.807) is 0 Å². The zero-order valence-electron chi connectivity index (χ0n) is 29.7. The Hall–Kier alpha value is -1.81. The number of hydrogen-bond donors (Lipinski definition) is 6. The largest absolute Gasteiger partial charge is 0.326 e. The lowest BCUT2D eigenvalue weighted by Gasteiger charge is -2.32. The van der Waals surface area contributed by atoms with Gasteiger partial charge in [0, 0.05) is 74.9 Å². The van der Waals surface area contributed by atoms with E-state index in [0.29, 0.717) is 50.8 Å². The van der Waals surface area contributed by atoms with Crippen LogP contribution < -0.4 is 22.1 Å². The molecule has 276 valence electrons. The highest BCUT2D eigenvalue weighted by molar-refractivity contribution is 8.18. The lowest BCUT2D eigenvalue weighted by molar-refractivity contribution is -0.116. The Bertz CT molecular complexity index is 1240. The Morgan fingerprint density at radius 1 is 0.694 bits per heavy atom. The Kier molecular flexibility index (Phi) is 20.3. The molecular formula is C36H60N6O4S3. The molecule has 0 aromatic heterocycles. The standard InChI is InChI=1S/C36H60N6O4S3/c1-5-27(3)33(39-17-31(37)25-47)21-41(19-29-13-9-7-10-14-29)23-35(43)49(45,46)36(44)24-42(20-30-15-11-8-12-16-30)22-34(28(4)6-2)40-18-32(38)26-48/h7-16,27-28,31-34,39-40,47-48H,5-6,17-26,37-38H2,1-4H3/t27?,28?,31-,32-,33?,34?/m0/s1. The molecule has 0 aliphatic rings. The van der Waals surface area contributed by atoms with Gasteiger partial charge in [-0.05, 0) is 23.0 Å². The lowest BCUT2D eigenvalue weighted by atomic mass is 9.98. The van der Waals surface area contributed by atoms with Gasteiger partial charge in [0.2, 0.25) is 0 Å². The molecule has 13 heteroatoms. The minimum absolute atomic E-state index is 0.0622. The fourth-order valence-corrected chi connectivity index (χ4v) is 6.68. The van der Waals surface area contributed by atoms with E-state index in [-0.39, 0.29) is 36.0 Å². The lowest BCUT2D eigenvalue weighted by Crippen LogP contribution is -2.51. The predicted octanol–water partition coefficient (Wildman–Crippen LogP) is 2.98. The maximum absolute atomic E-state index is 13.6. The van der Waals surface area contributed by atoms with Crippen LogP contribution in [0.1, 0.15) is 51.7 Å². The number of hydrogen-bond acceptors (Lipinski definition) is 12. The van der Waals surface area contributed by atoms with E-state index >= 15 is 0 Å². The second-order valence-electron chi connectivity index (χ2n) is 13.2. The molecule has 0 bridgehead atoms. The predicted molar refractivity (Wildman–Crippen MR) is 209 cm³/mol. The van der Waals surface area contributed by atoms with Crippen molar-refractivity contribution in [2.75, 3.05) is 50.8 Å². The van der Waals surface area contributed by atoms with Crippen molar-refractivity contribution in [3.05, 3.63) is 71.8 Å². The molecular weight excluding hydrogens is 677 g/mol. The topological polar surface area (TPSA) is 151 Å². The average molecular weight is 737 g/mol. The quantitative estimate of drug-likeness (QED) is 0.0889. The van der Waals surface area contributed by atoms with Crippen molar-refractivity contribution in [1.29, 1.82) is 0 Å². The molecule has 0 saturated heterocycles. The zero-order chi connectivity index (χ0) is 36.4. The summed E-state index contributed by atoms with van der Waals surface area (Å²) in [5.41, 5.74) is 14.1. The summed E-state index contributed by atoms with van der Waals surface area (Å²) in [5.74, 6) is 1.48. The van der Waals surface area contributed by atoms with Crippen LogP contribution in [0.5, 0.6) is 0 Å². The van der Waals surface area contributed by atoms with Crippen LogP contribution in [0.3, 0.4) is 0 Å². The highest BCUT2D eigenvalue weighted by atomic mass is 32.2. The maximum Gasteiger partial charge on any atom is 0.276 e. The van der Waals surface area contributed by atoms with Gasteiger partial charge in [0.25, 0.3) is 20.1 Å². The van der Waals surface area contributed by atoms with Crippen molar-refractivity contribution >= 4 is 45.3 Å². The SMILES string of the molecule is CCC(C)C(CN(CC(=O)S(=O)(=O)C(=O)CN(Cc1ccccc1)CC(NC[C@H](N)CS)C(C)CC)Cc1ccccc1)NC[C@H](N)CS. The first kappa shape index (κ1) is 43.4. The first-order chi connectivity index (χ1) is 23.3. The van der Waals surface area contributed by atoms with E-state index in [4.69, 9.17) is 11.5 Å². The van der Waals surface area contributed by atoms with Crippen LogP contribution in [0.25, 0.3) is 0 Å². The summed E-state index contributed by atoms with van der Waals surface area (Å²) in [6.07, 6.45) is 1.75. The van der Waals surface area contributed by atoms with Gasteiger partial charge in [0.1, 0.15) is 0 Å². The number of nitrogens with one attached hydrogen (secondary N) is 2. The normalized spacial score (nSPS) is 15.9. The number of sulfone groups is 1. The van der Waals surface area contributed by atoms with Crippen molar-refractivity contribution in [3.8, 4) is 0 Å². The van der Waals surface area contributed by atoms with Crippen LogP contribution in [-0.4, -0.2) is 103 Å². The van der Waals surface area contributed by atoms with E-state index in [1.807, 2.05) is 70.5 Å². The summed E-state index contributed by atoms with van der Waals surface area (Å²) in [6, 6.07) is 18.7. The highest BCUT2D eigenvalue weighted by Gasteiger charge is 2.35. The summed E-state index contributed by atoms with van der Waals surface area (Å²) >= 11 is 8.60. The van der Waals surface area contributed by atoms with E-state index in [0.717, 1.165) is 24.0 Å². The van der Waals surface area contributed by atoms with Gasteiger partial charge in [-0.2, -0.15) is 25.3 Å². The van der Waals surface area contributed by atoms with Crippen LogP contribution in [0.15, 0.2) is 60.7 Å². The minimum Gasteiger partial charge on any atom is -0.326 e. The van der Waals surface area contributed by atoms with Gasteiger partial charge >= 0.3 is 0 Å². The summed E-state index contributed by atoms with van der Waals surface area (Å²) in [7, 11) is -4.76. The summed E-state index contributed by atoms with van der Waals surface area (Å²) < 4.78 is 27.3. The molecule has 0 radical (unpaired) electrons. The van der Waals surface area contributed by atoms with Gasteiger partial charge in [0.15, 0.2) is 0 Å². The van der Waals surface area contributed by atoms with Crippen LogP contribution >= 0.6 is 25.3 Å². The van der Waals surface area contributed by atoms with E-state index in [2.05, 4.69) is 63.6 Å². The smallest absolute Gasteiger partial charge is 0.276 e. The molecule has 2 rings (SSSR count). The number of rotatable bonds is 24. The monoisotopic (exact) mass is 736 g/mol. The Labute approximate surface area is 306 Å². The number of benzene rings is 2. The number of carbonyl (C=O) groups is 2. The zero-order valence-corrected chi connectivity index (χ0v) is 32.3. The number of nitrogens with zero attached hydrogens (tertiary/aromatic N) is 2. The Balaban J connectivity index is 2.31. The van der Waals surface area contributed by atoms with Crippen molar-refractivity contribution < 1.29 is 18.0 Å². The van der Waals surface area contributed by atoms with E-state index in [9.17, 15) is 18.0 Å². The van der Waals surface area contributed by atoms with Crippen LogP contribution in [0, 0.1) is 11.8 Å². The van der Waals surface area contributed by atoms with Gasteiger partial charge < -0.3 is 22.1 Å². The molecule has 2 aromatic carbocycles. The molecule has 0 spiro atoms. The second kappa shape index (κ2) is 22.9.